The lowest BCUT2D eigenvalue weighted by molar-refractivity contribution is -0.148. The molecule has 0 saturated heterocycles. The first-order valence-corrected chi connectivity index (χ1v) is 7.30. The number of amides is 1. The largest absolute Gasteiger partial charge is 0.455 e. The molecule has 0 aliphatic rings. The number of ether oxygens (including phenoxy) is 1. The lowest BCUT2D eigenvalue weighted by Crippen LogP contribution is -2.38. The van der Waals surface area contributed by atoms with Crippen LogP contribution in [0, 0.1) is 19.8 Å². The average Bonchev–Trinajstić information content (AvgIpc) is 2.40. The van der Waals surface area contributed by atoms with E-state index in [9.17, 15) is 9.59 Å². The van der Waals surface area contributed by atoms with E-state index >= 15 is 0 Å². The number of esters is 1. The Morgan fingerprint density at radius 1 is 1.14 bits per heavy atom. The number of hydrogen-bond acceptors (Lipinski definition) is 3. The Morgan fingerprint density at radius 2 is 1.81 bits per heavy atom. The lowest BCUT2D eigenvalue weighted by Gasteiger charge is -2.17. The van der Waals surface area contributed by atoms with Gasteiger partial charge in [-0.3, -0.25) is 9.59 Å². The molecule has 0 aliphatic heterocycles. The van der Waals surface area contributed by atoms with Gasteiger partial charge in [0.1, 0.15) is 0 Å². The van der Waals surface area contributed by atoms with Crippen molar-refractivity contribution in [3.8, 4) is 0 Å². The fourth-order valence-corrected chi connectivity index (χ4v) is 1.74. The van der Waals surface area contributed by atoms with Gasteiger partial charge in [-0.2, -0.15) is 0 Å². The highest BCUT2D eigenvalue weighted by atomic mass is 16.5. The van der Waals surface area contributed by atoms with Gasteiger partial charge in [0.05, 0.1) is 6.42 Å². The summed E-state index contributed by atoms with van der Waals surface area (Å²) in [5.41, 5.74) is 3.23. The van der Waals surface area contributed by atoms with Crippen LogP contribution in [0.25, 0.3) is 0 Å². The SMILES string of the molecule is Cc1ccc(CC(=O)OCC(=O)N[C@H](C)C(C)C)cc1C. The summed E-state index contributed by atoms with van der Waals surface area (Å²) in [5, 5.41) is 2.80. The van der Waals surface area contributed by atoms with Crippen molar-refractivity contribution in [3.05, 3.63) is 34.9 Å². The molecule has 0 bridgehead atoms. The molecule has 0 saturated carbocycles. The van der Waals surface area contributed by atoms with Crippen molar-refractivity contribution in [2.24, 2.45) is 5.92 Å². The molecule has 1 amide bonds. The monoisotopic (exact) mass is 291 g/mol. The van der Waals surface area contributed by atoms with Crippen LogP contribution in [0.2, 0.25) is 0 Å². The molecule has 1 aromatic carbocycles. The smallest absolute Gasteiger partial charge is 0.310 e. The molecule has 0 heterocycles. The van der Waals surface area contributed by atoms with Crippen molar-refractivity contribution in [2.45, 2.75) is 47.1 Å². The predicted octanol–water partition coefficient (Wildman–Crippen LogP) is 2.55. The van der Waals surface area contributed by atoms with Crippen molar-refractivity contribution in [1.82, 2.24) is 5.32 Å². The maximum atomic E-state index is 11.7. The molecule has 1 aromatic rings. The van der Waals surface area contributed by atoms with Gasteiger partial charge in [-0.25, -0.2) is 0 Å². The van der Waals surface area contributed by atoms with E-state index in [4.69, 9.17) is 4.74 Å². The third-order valence-electron chi connectivity index (χ3n) is 3.67. The molecule has 0 spiro atoms. The van der Waals surface area contributed by atoms with E-state index in [-0.39, 0.29) is 30.9 Å². The molecule has 0 unspecified atom stereocenters. The summed E-state index contributed by atoms with van der Waals surface area (Å²) >= 11 is 0. The van der Waals surface area contributed by atoms with Crippen LogP contribution in [0.4, 0.5) is 0 Å². The second kappa shape index (κ2) is 7.81. The zero-order valence-electron chi connectivity index (χ0n) is 13.5. The summed E-state index contributed by atoms with van der Waals surface area (Å²) in [6.45, 7) is 9.79. The van der Waals surface area contributed by atoms with Crippen molar-refractivity contribution in [2.75, 3.05) is 6.61 Å². The normalized spacial score (nSPS) is 12.1. The van der Waals surface area contributed by atoms with Gasteiger partial charge < -0.3 is 10.1 Å². The molecular formula is C17H25NO3. The highest BCUT2D eigenvalue weighted by Crippen LogP contribution is 2.10. The van der Waals surface area contributed by atoms with E-state index in [0.717, 1.165) is 11.1 Å². The zero-order chi connectivity index (χ0) is 16.0. The standard InChI is InChI=1S/C17H25NO3/c1-11(2)14(5)18-16(19)10-21-17(20)9-15-7-6-12(3)13(4)8-15/h6-8,11,14H,9-10H2,1-5H3,(H,18,19)/t14-/m1/s1. The lowest BCUT2D eigenvalue weighted by atomic mass is 10.0. The van der Waals surface area contributed by atoms with Gasteiger partial charge in [0.25, 0.3) is 5.91 Å². The van der Waals surface area contributed by atoms with Crippen molar-refractivity contribution >= 4 is 11.9 Å². The molecule has 4 heteroatoms. The molecule has 0 radical (unpaired) electrons. The van der Waals surface area contributed by atoms with Crippen LogP contribution >= 0.6 is 0 Å². The number of rotatable bonds is 6. The van der Waals surface area contributed by atoms with Gasteiger partial charge in [0.2, 0.25) is 0 Å². The Labute approximate surface area is 126 Å². The van der Waals surface area contributed by atoms with E-state index in [2.05, 4.69) is 5.32 Å². The van der Waals surface area contributed by atoms with E-state index in [1.165, 1.54) is 5.56 Å². The van der Waals surface area contributed by atoms with Crippen LogP contribution in [0.5, 0.6) is 0 Å². The Bertz CT molecular complexity index is 509. The molecule has 0 fully saturated rings. The second-order valence-electron chi connectivity index (χ2n) is 5.86. The summed E-state index contributed by atoms with van der Waals surface area (Å²) in [6.07, 6.45) is 0.189. The topological polar surface area (TPSA) is 55.4 Å². The molecule has 0 aliphatic carbocycles. The molecule has 21 heavy (non-hydrogen) atoms. The van der Waals surface area contributed by atoms with Crippen molar-refractivity contribution < 1.29 is 14.3 Å². The van der Waals surface area contributed by atoms with Crippen LogP contribution in [0.15, 0.2) is 18.2 Å². The Balaban J connectivity index is 2.40. The van der Waals surface area contributed by atoms with E-state index in [0.29, 0.717) is 5.92 Å². The van der Waals surface area contributed by atoms with Gasteiger partial charge in [0, 0.05) is 6.04 Å². The highest BCUT2D eigenvalue weighted by Gasteiger charge is 2.13. The molecule has 116 valence electrons. The van der Waals surface area contributed by atoms with E-state index in [1.54, 1.807) is 0 Å². The minimum atomic E-state index is -0.384. The van der Waals surface area contributed by atoms with Crippen LogP contribution in [-0.2, 0) is 20.7 Å². The van der Waals surface area contributed by atoms with Crippen LogP contribution in [-0.4, -0.2) is 24.5 Å². The third-order valence-corrected chi connectivity index (χ3v) is 3.67. The number of carbonyl (C=O) groups is 2. The van der Waals surface area contributed by atoms with E-state index in [1.807, 2.05) is 52.8 Å². The first-order valence-electron chi connectivity index (χ1n) is 7.30. The quantitative estimate of drug-likeness (QED) is 0.820. The predicted molar refractivity (Wildman–Crippen MR) is 83.0 cm³/mol. The number of benzene rings is 1. The summed E-state index contributed by atoms with van der Waals surface area (Å²) in [4.78, 5) is 23.4. The number of hydrogen-bond donors (Lipinski definition) is 1. The summed E-state index contributed by atoms with van der Waals surface area (Å²) in [7, 11) is 0. The molecule has 1 N–H and O–H groups in total. The average molecular weight is 291 g/mol. The number of nitrogens with one attached hydrogen (secondary N) is 1. The van der Waals surface area contributed by atoms with Crippen molar-refractivity contribution in [1.29, 1.82) is 0 Å². The van der Waals surface area contributed by atoms with Crippen LogP contribution < -0.4 is 5.32 Å². The van der Waals surface area contributed by atoms with E-state index < -0.39 is 0 Å². The maximum absolute atomic E-state index is 11.7. The fourth-order valence-electron chi connectivity index (χ4n) is 1.74. The third kappa shape index (κ3) is 5.98. The first kappa shape index (κ1) is 17.2. The van der Waals surface area contributed by atoms with Gasteiger partial charge in [0.15, 0.2) is 6.61 Å². The molecule has 1 rings (SSSR count). The highest BCUT2D eigenvalue weighted by molar-refractivity contribution is 5.81. The Morgan fingerprint density at radius 3 is 2.38 bits per heavy atom. The number of carbonyl (C=O) groups excluding carboxylic acids is 2. The van der Waals surface area contributed by atoms with Gasteiger partial charge in [-0.1, -0.05) is 32.0 Å². The second-order valence-corrected chi connectivity index (χ2v) is 5.86. The van der Waals surface area contributed by atoms with Gasteiger partial charge >= 0.3 is 5.97 Å². The minimum Gasteiger partial charge on any atom is -0.455 e. The van der Waals surface area contributed by atoms with Crippen LogP contribution in [0.1, 0.15) is 37.5 Å². The Hall–Kier alpha value is -1.84. The van der Waals surface area contributed by atoms with Crippen molar-refractivity contribution in [3.63, 3.8) is 0 Å². The minimum absolute atomic E-state index is 0.0657. The summed E-state index contributed by atoms with van der Waals surface area (Å²) in [6, 6.07) is 5.92. The first-order chi connectivity index (χ1) is 9.79. The summed E-state index contributed by atoms with van der Waals surface area (Å²) in [5.74, 6) is -0.296. The van der Waals surface area contributed by atoms with Crippen LogP contribution in [0.3, 0.4) is 0 Å². The summed E-state index contributed by atoms with van der Waals surface area (Å²) < 4.78 is 5.01. The molecule has 1 atom stereocenters. The fraction of sp³-hybridized carbons (Fsp3) is 0.529. The Kier molecular flexibility index (Phi) is 6.40. The van der Waals surface area contributed by atoms with Gasteiger partial charge in [-0.15, -0.1) is 0 Å². The van der Waals surface area contributed by atoms with Gasteiger partial charge in [-0.05, 0) is 43.4 Å². The molecular weight excluding hydrogens is 266 g/mol. The maximum Gasteiger partial charge on any atom is 0.310 e. The number of aryl methyl sites for hydroxylation is 2. The molecule has 0 aromatic heterocycles. The molecule has 4 nitrogen and oxygen atoms in total. The zero-order valence-corrected chi connectivity index (χ0v) is 13.5.